The summed E-state index contributed by atoms with van der Waals surface area (Å²) < 4.78 is 2.19. The molecule has 1 saturated carbocycles. The first-order valence-corrected chi connectivity index (χ1v) is 9.37. The number of nitrogens with zero attached hydrogens (tertiary/aromatic N) is 4. The van der Waals surface area contributed by atoms with E-state index in [0.29, 0.717) is 11.3 Å². The van der Waals surface area contributed by atoms with Crippen LogP contribution in [0.3, 0.4) is 0 Å². The van der Waals surface area contributed by atoms with Crippen LogP contribution in [0.2, 0.25) is 0 Å². The van der Waals surface area contributed by atoms with Gasteiger partial charge >= 0.3 is 0 Å². The number of hydrogen-bond acceptors (Lipinski definition) is 5. The summed E-state index contributed by atoms with van der Waals surface area (Å²) in [6.45, 7) is 1.61. The number of rotatable bonds is 3. The molecule has 2 aromatic rings. The number of aromatic nitrogens is 1. The third-order valence-corrected chi connectivity index (χ3v) is 5.22. The molecule has 0 amide bonds. The Bertz CT molecular complexity index is 953. The van der Waals surface area contributed by atoms with Crippen molar-refractivity contribution < 1.29 is 5.11 Å². The molecule has 1 N–H and O–H groups in total. The van der Waals surface area contributed by atoms with E-state index in [-0.39, 0.29) is 23.2 Å². The number of halogens is 1. The van der Waals surface area contributed by atoms with Crippen LogP contribution in [0.5, 0.6) is 5.88 Å². The zero-order chi connectivity index (χ0) is 18.7. The smallest absolute Gasteiger partial charge is 0.281 e. The van der Waals surface area contributed by atoms with Crippen LogP contribution in [0, 0.1) is 18.3 Å². The molecule has 1 aromatic carbocycles. The quantitative estimate of drug-likeness (QED) is 0.679. The monoisotopic (exact) mass is 414 g/mol. The lowest BCUT2D eigenvalue weighted by Gasteiger charge is -2.25. The molecule has 26 heavy (non-hydrogen) atoms. The molecule has 1 fully saturated rings. The summed E-state index contributed by atoms with van der Waals surface area (Å²) in [7, 11) is 0. The van der Waals surface area contributed by atoms with Crippen molar-refractivity contribution in [3.63, 3.8) is 0 Å². The van der Waals surface area contributed by atoms with Gasteiger partial charge in [0.05, 0.1) is 5.69 Å². The highest BCUT2D eigenvalue weighted by Gasteiger charge is 2.25. The molecule has 0 radical (unpaired) electrons. The van der Waals surface area contributed by atoms with Crippen LogP contribution in [-0.2, 0) is 0 Å². The summed E-state index contributed by atoms with van der Waals surface area (Å²) in [6, 6.07) is 9.14. The molecule has 0 aliphatic heterocycles. The zero-order valence-electron chi connectivity index (χ0n) is 14.4. The van der Waals surface area contributed by atoms with Crippen molar-refractivity contribution in [2.24, 2.45) is 10.2 Å². The van der Waals surface area contributed by atoms with Gasteiger partial charge < -0.3 is 5.11 Å². The number of nitriles is 1. The van der Waals surface area contributed by atoms with Crippen LogP contribution in [0.1, 0.15) is 49.3 Å². The average Bonchev–Trinajstić information content (AvgIpc) is 2.63. The highest BCUT2D eigenvalue weighted by Crippen LogP contribution is 2.34. The van der Waals surface area contributed by atoms with Crippen molar-refractivity contribution in [3.8, 4) is 11.9 Å². The fourth-order valence-electron chi connectivity index (χ4n) is 3.35. The largest absolute Gasteiger partial charge is 0.493 e. The Morgan fingerprint density at radius 2 is 2.00 bits per heavy atom. The van der Waals surface area contributed by atoms with E-state index in [1.807, 2.05) is 18.2 Å². The minimum absolute atomic E-state index is 0.0818. The predicted molar refractivity (Wildman–Crippen MR) is 102 cm³/mol. The molecule has 0 spiro atoms. The van der Waals surface area contributed by atoms with Gasteiger partial charge in [-0.2, -0.15) is 10.4 Å². The molecular weight excluding hydrogens is 396 g/mol. The van der Waals surface area contributed by atoms with Crippen molar-refractivity contribution >= 4 is 27.3 Å². The normalized spacial score (nSPS) is 15.3. The Kier molecular flexibility index (Phi) is 5.52. The van der Waals surface area contributed by atoms with Gasteiger partial charge in [0.2, 0.25) is 5.88 Å². The van der Waals surface area contributed by atoms with Gasteiger partial charge in [-0.15, -0.1) is 5.11 Å². The van der Waals surface area contributed by atoms with Crippen LogP contribution in [0.15, 0.2) is 43.8 Å². The Hall–Kier alpha value is -2.46. The first-order chi connectivity index (χ1) is 12.5. The van der Waals surface area contributed by atoms with Crippen molar-refractivity contribution in [3.05, 3.63) is 50.2 Å². The first kappa shape index (κ1) is 18.3. The second-order valence-corrected chi connectivity index (χ2v) is 7.35. The molecule has 7 heteroatoms. The lowest BCUT2D eigenvalue weighted by molar-refractivity contribution is 0.303. The topological polar surface area (TPSA) is 90.7 Å². The maximum Gasteiger partial charge on any atom is 0.281 e. The van der Waals surface area contributed by atoms with Gasteiger partial charge in [0.15, 0.2) is 5.69 Å². The van der Waals surface area contributed by atoms with Gasteiger partial charge in [0, 0.05) is 16.1 Å². The van der Waals surface area contributed by atoms with E-state index in [1.165, 1.54) is 4.57 Å². The number of pyridine rings is 1. The molecule has 0 atom stereocenters. The second-order valence-electron chi connectivity index (χ2n) is 6.43. The highest BCUT2D eigenvalue weighted by atomic mass is 79.9. The summed E-state index contributed by atoms with van der Waals surface area (Å²) >= 11 is 3.37. The average molecular weight is 415 g/mol. The summed E-state index contributed by atoms with van der Waals surface area (Å²) in [6.07, 6.45) is 4.74. The SMILES string of the molecule is Cc1c(C#N)c(O)n(C2CCCCC2)c(=O)c1N=Nc1cccc(Br)c1. The Morgan fingerprint density at radius 3 is 2.65 bits per heavy atom. The molecule has 6 nitrogen and oxygen atoms in total. The maximum atomic E-state index is 13.0. The van der Waals surface area contributed by atoms with E-state index in [2.05, 4.69) is 26.2 Å². The van der Waals surface area contributed by atoms with E-state index < -0.39 is 5.56 Å². The molecule has 0 bridgehead atoms. The van der Waals surface area contributed by atoms with Gasteiger partial charge in [-0.25, -0.2) is 0 Å². The van der Waals surface area contributed by atoms with Gasteiger partial charge in [-0.05, 0) is 38.0 Å². The second kappa shape index (κ2) is 7.83. The van der Waals surface area contributed by atoms with Crippen molar-refractivity contribution in [2.75, 3.05) is 0 Å². The number of hydrogen-bond donors (Lipinski definition) is 1. The molecule has 0 saturated heterocycles. The van der Waals surface area contributed by atoms with Crippen LogP contribution < -0.4 is 5.56 Å². The number of azo groups is 1. The molecule has 1 aliphatic carbocycles. The summed E-state index contributed by atoms with van der Waals surface area (Å²) in [5, 5.41) is 28.2. The number of aromatic hydroxyl groups is 1. The minimum atomic E-state index is -0.398. The molecule has 0 unspecified atom stereocenters. The van der Waals surface area contributed by atoms with Crippen LogP contribution in [0.25, 0.3) is 0 Å². The van der Waals surface area contributed by atoms with E-state index in [9.17, 15) is 15.2 Å². The Balaban J connectivity index is 2.12. The molecule has 134 valence electrons. The van der Waals surface area contributed by atoms with Crippen LogP contribution in [0.4, 0.5) is 11.4 Å². The van der Waals surface area contributed by atoms with Gasteiger partial charge in [-0.3, -0.25) is 9.36 Å². The van der Waals surface area contributed by atoms with Gasteiger partial charge in [-0.1, -0.05) is 41.3 Å². The fraction of sp³-hybridized carbons (Fsp3) is 0.368. The first-order valence-electron chi connectivity index (χ1n) is 8.58. The third kappa shape index (κ3) is 3.56. The summed E-state index contributed by atoms with van der Waals surface area (Å²) in [4.78, 5) is 13.0. The van der Waals surface area contributed by atoms with E-state index >= 15 is 0 Å². The van der Waals surface area contributed by atoms with Crippen molar-refractivity contribution in [1.29, 1.82) is 5.26 Å². The number of benzene rings is 1. The third-order valence-electron chi connectivity index (χ3n) is 4.73. The predicted octanol–water partition coefficient (Wildman–Crippen LogP) is 5.42. The molecule has 1 aliphatic rings. The summed E-state index contributed by atoms with van der Waals surface area (Å²) in [5.74, 6) is -0.261. The van der Waals surface area contributed by atoms with Crippen molar-refractivity contribution in [1.82, 2.24) is 4.57 Å². The van der Waals surface area contributed by atoms with Gasteiger partial charge in [0.1, 0.15) is 11.6 Å². The lowest BCUT2D eigenvalue weighted by atomic mass is 9.94. The fourth-order valence-corrected chi connectivity index (χ4v) is 3.74. The zero-order valence-corrected chi connectivity index (χ0v) is 16.0. The van der Waals surface area contributed by atoms with Crippen LogP contribution >= 0.6 is 15.9 Å². The maximum absolute atomic E-state index is 13.0. The molecule has 3 rings (SSSR count). The highest BCUT2D eigenvalue weighted by molar-refractivity contribution is 9.10. The van der Waals surface area contributed by atoms with E-state index in [1.54, 1.807) is 19.1 Å². The van der Waals surface area contributed by atoms with Crippen molar-refractivity contribution in [2.45, 2.75) is 45.1 Å². The standard InChI is InChI=1S/C19H19BrN4O2/c1-12-16(11-21)18(25)24(15-8-3-2-4-9-15)19(26)17(12)23-22-14-7-5-6-13(20)10-14/h5-7,10,15,25H,2-4,8-9H2,1H3. The molecular formula is C19H19BrN4O2. The Labute approximate surface area is 159 Å². The van der Waals surface area contributed by atoms with E-state index in [4.69, 9.17) is 0 Å². The molecule has 1 heterocycles. The van der Waals surface area contributed by atoms with E-state index in [0.717, 1.165) is 36.6 Å². The Morgan fingerprint density at radius 1 is 1.27 bits per heavy atom. The summed E-state index contributed by atoms with van der Waals surface area (Å²) in [5.41, 5.74) is 0.725. The van der Waals surface area contributed by atoms with Crippen LogP contribution in [-0.4, -0.2) is 9.67 Å². The van der Waals surface area contributed by atoms with Gasteiger partial charge in [0.25, 0.3) is 5.56 Å². The molecule has 1 aromatic heterocycles. The lowest BCUT2D eigenvalue weighted by Crippen LogP contribution is -2.27. The minimum Gasteiger partial charge on any atom is -0.493 e.